The molecule has 0 saturated carbocycles. The van der Waals surface area contributed by atoms with E-state index in [9.17, 15) is 0 Å². The van der Waals surface area contributed by atoms with Crippen LogP contribution >= 0.6 is 0 Å². The van der Waals surface area contributed by atoms with Crippen molar-refractivity contribution in [3.8, 4) is 34.1 Å². The van der Waals surface area contributed by atoms with Gasteiger partial charge in [0.25, 0.3) is 6.71 Å². The molecule has 3 nitrogen and oxygen atoms in total. The monoisotopic (exact) mass is 711 g/mol. The van der Waals surface area contributed by atoms with Crippen LogP contribution in [0.15, 0.2) is 146 Å². The van der Waals surface area contributed by atoms with Crippen LogP contribution in [0.1, 0.15) is 74.9 Å². The fourth-order valence-electron chi connectivity index (χ4n) is 9.89. The standard InChI is InChI=1S/C51H42BNO2/c1-49(2,3)31-23-25-44-40(27-31)52-41-28-32(50(4,5)6)24-26-45(41)55-47-30-33(29-46(54-44)48(47)52)53-42-21-13-11-19-38(42)51(39-20-12-14-22-43(39)53)36-17-9-7-15-34(36)35-16-8-10-18-37(35)51/h7-30H,1-6H3. The van der Waals surface area contributed by atoms with Crippen LogP contribution in [0.2, 0.25) is 0 Å². The summed E-state index contributed by atoms with van der Waals surface area (Å²) in [6.07, 6.45) is 0. The highest BCUT2D eigenvalue weighted by Gasteiger charge is 2.52. The van der Waals surface area contributed by atoms with Gasteiger partial charge < -0.3 is 14.4 Å². The maximum absolute atomic E-state index is 6.99. The lowest BCUT2D eigenvalue weighted by atomic mass is 9.34. The van der Waals surface area contributed by atoms with Crippen LogP contribution in [-0.4, -0.2) is 6.71 Å². The van der Waals surface area contributed by atoms with Gasteiger partial charge in [0.05, 0.1) is 22.5 Å². The number of anilines is 3. The number of benzene rings is 7. The molecule has 0 unspecified atom stereocenters. The van der Waals surface area contributed by atoms with Crippen molar-refractivity contribution in [2.24, 2.45) is 0 Å². The molecular weight excluding hydrogens is 669 g/mol. The third kappa shape index (κ3) is 4.40. The van der Waals surface area contributed by atoms with Gasteiger partial charge in [0.15, 0.2) is 0 Å². The molecule has 0 N–H and O–H groups in total. The smallest absolute Gasteiger partial charge is 0.260 e. The highest BCUT2D eigenvalue weighted by atomic mass is 16.5. The first-order chi connectivity index (χ1) is 26.5. The Balaban J connectivity index is 1.16. The van der Waals surface area contributed by atoms with Gasteiger partial charge in [0, 0.05) is 17.6 Å². The molecule has 55 heavy (non-hydrogen) atoms. The van der Waals surface area contributed by atoms with E-state index >= 15 is 0 Å². The van der Waals surface area contributed by atoms with E-state index in [-0.39, 0.29) is 17.5 Å². The van der Waals surface area contributed by atoms with Crippen molar-refractivity contribution in [3.63, 3.8) is 0 Å². The molecule has 7 aromatic carbocycles. The number of nitrogens with zero attached hydrogens (tertiary/aromatic N) is 1. The molecule has 0 fully saturated rings. The first kappa shape index (κ1) is 32.4. The lowest BCUT2D eigenvalue weighted by Gasteiger charge is -2.45. The Hall–Kier alpha value is -6.00. The third-order valence-electron chi connectivity index (χ3n) is 12.5. The number of fused-ring (bicyclic) bond motifs is 13. The Morgan fingerprint density at radius 2 is 0.873 bits per heavy atom. The van der Waals surface area contributed by atoms with E-state index in [1.807, 2.05) is 0 Å². The van der Waals surface area contributed by atoms with Crippen LogP contribution in [0.3, 0.4) is 0 Å². The summed E-state index contributed by atoms with van der Waals surface area (Å²) >= 11 is 0. The summed E-state index contributed by atoms with van der Waals surface area (Å²) in [7, 11) is 0. The van der Waals surface area contributed by atoms with Gasteiger partial charge in [-0.3, -0.25) is 0 Å². The number of ether oxygens (including phenoxy) is 2. The predicted molar refractivity (Wildman–Crippen MR) is 227 cm³/mol. The third-order valence-corrected chi connectivity index (χ3v) is 12.5. The molecule has 4 heteroatoms. The zero-order valence-corrected chi connectivity index (χ0v) is 32.2. The van der Waals surface area contributed by atoms with Gasteiger partial charge in [-0.15, -0.1) is 0 Å². The van der Waals surface area contributed by atoms with Gasteiger partial charge in [-0.05, 0) is 90.5 Å². The van der Waals surface area contributed by atoms with E-state index in [0.29, 0.717) is 0 Å². The van der Waals surface area contributed by atoms with Crippen molar-refractivity contribution in [2.45, 2.75) is 57.8 Å². The molecule has 0 saturated heterocycles. The predicted octanol–water partition coefficient (Wildman–Crippen LogP) is 11.2. The van der Waals surface area contributed by atoms with Crippen LogP contribution in [-0.2, 0) is 16.2 Å². The summed E-state index contributed by atoms with van der Waals surface area (Å²) in [6.45, 7) is 13.7. The summed E-state index contributed by atoms with van der Waals surface area (Å²) in [6, 6.07) is 53.9. The minimum atomic E-state index is -0.467. The molecule has 3 heterocycles. The Morgan fingerprint density at radius 3 is 1.33 bits per heavy atom. The first-order valence-corrected chi connectivity index (χ1v) is 19.5. The van der Waals surface area contributed by atoms with Crippen LogP contribution in [0.25, 0.3) is 11.1 Å². The molecule has 0 radical (unpaired) electrons. The summed E-state index contributed by atoms with van der Waals surface area (Å²) in [5, 5.41) is 0. The molecule has 1 aliphatic carbocycles. The average Bonchev–Trinajstić information content (AvgIpc) is 3.47. The largest absolute Gasteiger partial charge is 0.458 e. The maximum Gasteiger partial charge on any atom is 0.260 e. The van der Waals surface area contributed by atoms with E-state index in [4.69, 9.17) is 9.47 Å². The Morgan fingerprint density at radius 1 is 0.455 bits per heavy atom. The molecule has 11 rings (SSSR count). The zero-order chi connectivity index (χ0) is 37.4. The second kappa shape index (κ2) is 11.0. The van der Waals surface area contributed by atoms with Crippen molar-refractivity contribution in [1.29, 1.82) is 0 Å². The van der Waals surface area contributed by atoms with Crippen LogP contribution in [0, 0.1) is 0 Å². The SMILES string of the molecule is CC(C)(C)c1ccc2c(c1)B1c3cc(C(C)(C)C)ccc3Oc3cc(N4c5ccccc5C5(c6ccccc6-c6ccccc65)c5ccccc54)cc(c31)O2. The van der Waals surface area contributed by atoms with E-state index in [1.165, 1.54) is 55.4 Å². The molecule has 4 aliphatic rings. The molecule has 7 aromatic rings. The summed E-state index contributed by atoms with van der Waals surface area (Å²) in [5.74, 6) is 3.49. The average molecular weight is 712 g/mol. The molecule has 266 valence electrons. The van der Waals surface area contributed by atoms with Crippen molar-refractivity contribution in [2.75, 3.05) is 4.90 Å². The quantitative estimate of drug-likeness (QED) is 0.158. The van der Waals surface area contributed by atoms with E-state index < -0.39 is 5.41 Å². The minimum absolute atomic E-state index is 0.00397. The minimum Gasteiger partial charge on any atom is -0.458 e. The van der Waals surface area contributed by atoms with Crippen LogP contribution in [0.4, 0.5) is 17.1 Å². The Kier molecular flexibility index (Phi) is 6.51. The highest BCUT2D eigenvalue weighted by Crippen LogP contribution is 2.63. The fraction of sp³-hybridized carbons (Fsp3) is 0.176. The number of hydrogen-bond donors (Lipinski definition) is 0. The van der Waals surface area contributed by atoms with Crippen LogP contribution < -0.4 is 30.8 Å². The first-order valence-electron chi connectivity index (χ1n) is 19.5. The van der Waals surface area contributed by atoms with Gasteiger partial charge in [-0.25, -0.2) is 0 Å². The summed E-state index contributed by atoms with van der Waals surface area (Å²) in [4.78, 5) is 2.43. The summed E-state index contributed by atoms with van der Waals surface area (Å²) < 4.78 is 14.0. The van der Waals surface area contributed by atoms with E-state index in [2.05, 4.69) is 192 Å². The molecular formula is C51H42BNO2. The molecule has 1 spiro atoms. The maximum atomic E-state index is 6.99. The van der Waals surface area contributed by atoms with E-state index in [1.54, 1.807) is 0 Å². The van der Waals surface area contributed by atoms with Crippen molar-refractivity contribution >= 4 is 40.2 Å². The normalized spacial score (nSPS) is 15.1. The van der Waals surface area contributed by atoms with Gasteiger partial charge in [-0.1, -0.05) is 151 Å². The Labute approximate surface area is 324 Å². The van der Waals surface area contributed by atoms with Gasteiger partial charge in [0.2, 0.25) is 0 Å². The molecule has 3 aliphatic heterocycles. The zero-order valence-electron chi connectivity index (χ0n) is 32.2. The summed E-state index contributed by atoms with van der Waals surface area (Å²) in [5.41, 5.74) is 16.6. The lowest BCUT2D eigenvalue weighted by molar-refractivity contribution is 0.464. The number of para-hydroxylation sites is 2. The van der Waals surface area contributed by atoms with Gasteiger partial charge >= 0.3 is 0 Å². The molecule has 0 atom stereocenters. The number of rotatable bonds is 1. The topological polar surface area (TPSA) is 21.7 Å². The molecule has 0 bridgehead atoms. The lowest BCUT2D eigenvalue weighted by Crippen LogP contribution is -2.57. The fourth-order valence-corrected chi connectivity index (χ4v) is 9.89. The molecule has 0 aromatic heterocycles. The van der Waals surface area contributed by atoms with Crippen LogP contribution in [0.5, 0.6) is 23.0 Å². The second-order valence-electron chi connectivity index (χ2n) is 17.7. The van der Waals surface area contributed by atoms with E-state index in [0.717, 1.165) is 45.5 Å². The van der Waals surface area contributed by atoms with Gasteiger partial charge in [0.1, 0.15) is 23.0 Å². The van der Waals surface area contributed by atoms with Crippen molar-refractivity contribution in [1.82, 2.24) is 0 Å². The van der Waals surface area contributed by atoms with Crippen molar-refractivity contribution in [3.05, 3.63) is 179 Å². The second-order valence-corrected chi connectivity index (χ2v) is 17.7. The number of hydrogen-bond acceptors (Lipinski definition) is 3. The molecule has 0 amide bonds. The van der Waals surface area contributed by atoms with Crippen molar-refractivity contribution < 1.29 is 9.47 Å². The Bertz CT molecular complexity index is 2580. The van der Waals surface area contributed by atoms with Gasteiger partial charge in [-0.2, -0.15) is 0 Å². The highest BCUT2D eigenvalue weighted by molar-refractivity contribution is 6.98.